The highest BCUT2D eigenvalue weighted by Gasteiger charge is 2.29. The molecule has 0 aliphatic heterocycles. The van der Waals surface area contributed by atoms with Crippen LogP contribution in [0.1, 0.15) is 26.2 Å². The lowest BCUT2D eigenvalue weighted by molar-refractivity contribution is -0.141. The molecule has 1 aromatic rings. The topological polar surface area (TPSA) is 47.9 Å². The van der Waals surface area contributed by atoms with Crippen LogP contribution in [0.5, 0.6) is 5.75 Å². The minimum absolute atomic E-state index is 0.206. The summed E-state index contributed by atoms with van der Waals surface area (Å²) in [6.07, 6.45) is 2.48. The summed E-state index contributed by atoms with van der Waals surface area (Å²) in [5, 5.41) is 0. The van der Waals surface area contributed by atoms with Crippen LogP contribution in [0, 0.1) is 5.92 Å². The zero-order chi connectivity index (χ0) is 14.5. The number of nitrogens with zero attached hydrogens (tertiary/aromatic N) is 1. The van der Waals surface area contributed by atoms with Gasteiger partial charge in [0.1, 0.15) is 5.75 Å². The first-order valence-electron chi connectivity index (χ1n) is 6.70. The highest BCUT2D eigenvalue weighted by Crippen LogP contribution is 2.35. The molecule has 5 heteroatoms. The maximum absolute atomic E-state index is 11.6. The third-order valence-corrected chi connectivity index (χ3v) is 3.74. The van der Waals surface area contributed by atoms with Crippen LogP contribution >= 0.6 is 15.9 Å². The molecule has 108 valence electrons. The van der Waals surface area contributed by atoms with E-state index in [2.05, 4.69) is 20.9 Å². The lowest BCUT2D eigenvalue weighted by Gasteiger charge is -2.07. The molecule has 2 rings (SSSR count). The van der Waals surface area contributed by atoms with Gasteiger partial charge in [0.05, 0.1) is 30.3 Å². The summed E-state index contributed by atoms with van der Waals surface area (Å²) in [6.45, 7) is 2.22. The smallest absolute Gasteiger partial charge is 0.311 e. The molecule has 0 saturated heterocycles. The molecule has 0 bridgehead atoms. The molecule has 1 aliphatic rings. The number of halogens is 1. The van der Waals surface area contributed by atoms with E-state index < -0.39 is 0 Å². The van der Waals surface area contributed by atoms with Crippen molar-refractivity contribution in [2.24, 2.45) is 10.9 Å². The average molecular weight is 340 g/mol. The van der Waals surface area contributed by atoms with Gasteiger partial charge in [-0.1, -0.05) is 0 Å². The zero-order valence-electron chi connectivity index (χ0n) is 11.7. The van der Waals surface area contributed by atoms with Crippen molar-refractivity contribution >= 4 is 33.3 Å². The predicted molar refractivity (Wildman–Crippen MR) is 81.8 cm³/mol. The summed E-state index contributed by atoms with van der Waals surface area (Å²) in [5.41, 5.74) is 1.71. The van der Waals surface area contributed by atoms with E-state index in [1.807, 2.05) is 25.1 Å². The minimum atomic E-state index is -0.206. The highest BCUT2D eigenvalue weighted by atomic mass is 79.9. The summed E-state index contributed by atoms with van der Waals surface area (Å²) in [5.74, 6) is 0.953. The Balaban J connectivity index is 2.18. The molecule has 20 heavy (non-hydrogen) atoms. The van der Waals surface area contributed by atoms with Crippen molar-refractivity contribution in [1.29, 1.82) is 0 Å². The van der Waals surface area contributed by atoms with E-state index in [9.17, 15) is 4.79 Å². The molecule has 1 saturated carbocycles. The molecule has 1 fully saturated rings. The van der Waals surface area contributed by atoms with Crippen LogP contribution in [0.3, 0.4) is 0 Å². The second kappa shape index (κ2) is 6.88. The first-order valence-corrected chi connectivity index (χ1v) is 7.50. The Kier molecular flexibility index (Phi) is 5.17. The Morgan fingerprint density at radius 1 is 1.45 bits per heavy atom. The second-order valence-electron chi connectivity index (χ2n) is 4.68. The van der Waals surface area contributed by atoms with E-state index in [1.54, 1.807) is 7.11 Å². The number of methoxy groups -OCH3 is 1. The van der Waals surface area contributed by atoms with Gasteiger partial charge in [0.2, 0.25) is 0 Å². The molecule has 0 heterocycles. The Bertz CT molecular complexity index is 524. The Labute approximate surface area is 127 Å². The molecular weight excluding hydrogens is 322 g/mol. The predicted octanol–water partition coefficient (Wildman–Crippen LogP) is 3.89. The molecule has 0 atom stereocenters. The van der Waals surface area contributed by atoms with Crippen molar-refractivity contribution < 1.29 is 14.3 Å². The fourth-order valence-corrected chi connectivity index (χ4v) is 2.34. The molecule has 0 amide bonds. The number of carbonyl (C=O) groups excluding carboxylic acids is 1. The normalized spacial score (nSPS) is 15.1. The van der Waals surface area contributed by atoms with Gasteiger partial charge in [0, 0.05) is 11.8 Å². The van der Waals surface area contributed by atoms with E-state index in [-0.39, 0.29) is 12.4 Å². The van der Waals surface area contributed by atoms with Crippen LogP contribution in [0.4, 0.5) is 5.69 Å². The molecule has 4 nitrogen and oxygen atoms in total. The number of ether oxygens (including phenoxy) is 2. The van der Waals surface area contributed by atoms with E-state index in [0.717, 1.165) is 34.5 Å². The van der Waals surface area contributed by atoms with E-state index >= 15 is 0 Å². The van der Waals surface area contributed by atoms with Gasteiger partial charge in [-0.05, 0) is 53.7 Å². The van der Waals surface area contributed by atoms with Gasteiger partial charge in [0.25, 0.3) is 0 Å². The second-order valence-corrected chi connectivity index (χ2v) is 5.53. The zero-order valence-corrected chi connectivity index (χ0v) is 13.3. The molecule has 1 aliphatic carbocycles. The van der Waals surface area contributed by atoms with Gasteiger partial charge in [-0.2, -0.15) is 0 Å². The Morgan fingerprint density at radius 3 is 2.80 bits per heavy atom. The number of hydrogen-bond acceptors (Lipinski definition) is 4. The standard InChI is InChI=1S/C15H18BrNO3/c1-3-20-15(18)9-13(10-4-5-10)17-11-6-7-12(16)14(8-11)19-2/h6-8,10H,3-5,9H2,1-2H3. The maximum atomic E-state index is 11.6. The van der Waals surface area contributed by atoms with E-state index in [0.29, 0.717) is 12.5 Å². The third-order valence-electron chi connectivity index (χ3n) is 3.09. The van der Waals surface area contributed by atoms with Crippen LogP contribution in [-0.2, 0) is 9.53 Å². The van der Waals surface area contributed by atoms with Crippen molar-refractivity contribution in [3.8, 4) is 5.75 Å². The van der Waals surface area contributed by atoms with Crippen molar-refractivity contribution in [2.45, 2.75) is 26.2 Å². The van der Waals surface area contributed by atoms with Crippen LogP contribution in [-0.4, -0.2) is 25.4 Å². The molecular formula is C15H18BrNO3. The van der Waals surface area contributed by atoms with Gasteiger partial charge >= 0.3 is 5.97 Å². The van der Waals surface area contributed by atoms with E-state index in [4.69, 9.17) is 9.47 Å². The Morgan fingerprint density at radius 2 is 2.20 bits per heavy atom. The van der Waals surface area contributed by atoms with Crippen molar-refractivity contribution in [1.82, 2.24) is 0 Å². The third kappa shape index (κ3) is 4.07. The molecule has 0 aromatic heterocycles. The minimum Gasteiger partial charge on any atom is -0.495 e. The van der Waals surface area contributed by atoms with Crippen LogP contribution in [0.25, 0.3) is 0 Å². The number of benzene rings is 1. The van der Waals surface area contributed by atoms with Crippen molar-refractivity contribution in [2.75, 3.05) is 13.7 Å². The quantitative estimate of drug-likeness (QED) is 0.583. The molecule has 0 N–H and O–H groups in total. The summed E-state index contributed by atoms with van der Waals surface area (Å²) in [4.78, 5) is 16.2. The summed E-state index contributed by atoms with van der Waals surface area (Å²) in [6, 6.07) is 5.66. The number of carbonyl (C=O) groups is 1. The lowest BCUT2D eigenvalue weighted by atomic mass is 10.1. The first kappa shape index (κ1) is 15.0. The molecule has 0 spiro atoms. The first-order chi connectivity index (χ1) is 9.63. The number of hydrogen-bond donors (Lipinski definition) is 0. The highest BCUT2D eigenvalue weighted by molar-refractivity contribution is 9.10. The van der Waals surface area contributed by atoms with Gasteiger partial charge in [-0.3, -0.25) is 9.79 Å². The largest absolute Gasteiger partial charge is 0.495 e. The summed E-state index contributed by atoms with van der Waals surface area (Å²) >= 11 is 3.41. The monoisotopic (exact) mass is 339 g/mol. The fourth-order valence-electron chi connectivity index (χ4n) is 1.94. The maximum Gasteiger partial charge on any atom is 0.311 e. The Hall–Kier alpha value is -1.36. The van der Waals surface area contributed by atoms with Gasteiger partial charge in [-0.25, -0.2) is 0 Å². The summed E-state index contributed by atoms with van der Waals surface area (Å²) in [7, 11) is 1.62. The van der Waals surface area contributed by atoms with Crippen LogP contribution in [0.2, 0.25) is 0 Å². The molecule has 1 aromatic carbocycles. The van der Waals surface area contributed by atoms with Gasteiger partial charge in [-0.15, -0.1) is 0 Å². The number of rotatable bonds is 6. The average Bonchev–Trinajstić information content (AvgIpc) is 3.24. The van der Waals surface area contributed by atoms with Crippen molar-refractivity contribution in [3.63, 3.8) is 0 Å². The number of esters is 1. The SMILES string of the molecule is CCOC(=O)CC(=Nc1ccc(Br)c(OC)c1)C1CC1. The van der Waals surface area contributed by atoms with E-state index in [1.165, 1.54) is 0 Å². The van der Waals surface area contributed by atoms with Gasteiger partial charge < -0.3 is 9.47 Å². The van der Waals surface area contributed by atoms with Crippen LogP contribution < -0.4 is 4.74 Å². The summed E-state index contributed by atoms with van der Waals surface area (Å²) < 4.78 is 11.1. The fraction of sp³-hybridized carbons (Fsp3) is 0.467. The number of aliphatic imine (C=N–C) groups is 1. The van der Waals surface area contributed by atoms with Crippen molar-refractivity contribution in [3.05, 3.63) is 22.7 Å². The van der Waals surface area contributed by atoms with Gasteiger partial charge in [0.15, 0.2) is 0 Å². The van der Waals surface area contributed by atoms with Crippen LogP contribution in [0.15, 0.2) is 27.7 Å². The lowest BCUT2D eigenvalue weighted by Crippen LogP contribution is -2.12. The molecule has 0 radical (unpaired) electrons. The molecule has 0 unspecified atom stereocenters.